The van der Waals surface area contributed by atoms with Crippen LogP contribution < -0.4 is 4.74 Å². The molecule has 0 aliphatic rings. The molecule has 0 unspecified atom stereocenters. The number of hydrogen-bond donors (Lipinski definition) is 0. The zero-order valence-corrected chi connectivity index (χ0v) is 10.4. The van der Waals surface area contributed by atoms with Crippen LogP contribution in [0.1, 0.15) is 19.8 Å². The van der Waals surface area contributed by atoms with E-state index in [1.807, 2.05) is 6.92 Å². The van der Waals surface area contributed by atoms with Gasteiger partial charge in [0.15, 0.2) is 6.61 Å². The minimum atomic E-state index is -0.711. The maximum absolute atomic E-state index is 13.0. The van der Waals surface area contributed by atoms with Crippen LogP contribution in [0.5, 0.6) is 5.75 Å². The van der Waals surface area contributed by atoms with Gasteiger partial charge in [0.05, 0.1) is 11.5 Å². The minimum absolute atomic E-state index is 0.268. The topological polar surface area (TPSA) is 78.7 Å². The third kappa shape index (κ3) is 4.90. The Balaban J connectivity index is 2.59. The van der Waals surface area contributed by atoms with E-state index in [-0.39, 0.29) is 12.4 Å². The monoisotopic (exact) mass is 271 g/mol. The van der Waals surface area contributed by atoms with Gasteiger partial charge in [0.2, 0.25) is 5.75 Å². The summed E-state index contributed by atoms with van der Waals surface area (Å²) >= 11 is 0. The van der Waals surface area contributed by atoms with Crippen LogP contribution in [-0.2, 0) is 9.53 Å². The number of nitro groups is 1. The summed E-state index contributed by atoms with van der Waals surface area (Å²) in [6, 6.07) is 2.79. The predicted octanol–water partition coefficient (Wildman–Crippen LogP) is 2.46. The summed E-state index contributed by atoms with van der Waals surface area (Å²) in [5.41, 5.74) is -0.400. The Kier molecular flexibility index (Phi) is 5.72. The second-order valence-electron chi connectivity index (χ2n) is 3.73. The zero-order chi connectivity index (χ0) is 14.3. The van der Waals surface area contributed by atoms with E-state index in [2.05, 4.69) is 0 Å². The smallest absolute Gasteiger partial charge is 0.344 e. The SMILES string of the molecule is CCCCOC(=O)COc1cc(F)ccc1[N+](=O)[O-]. The number of ether oxygens (including phenoxy) is 2. The summed E-state index contributed by atoms with van der Waals surface area (Å²) in [4.78, 5) is 21.2. The van der Waals surface area contributed by atoms with Crippen molar-refractivity contribution in [1.29, 1.82) is 0 Å². The van der Waals surface area contributed by atoms with Gasteiger partial charge in [-0.3, -0.25) is 10.1 Å². The van der Waals surface area contributed by atoms with Crippen molar-refractivity contribution < 1.29 is 23.6 Å². The molecule has 0 bridgehead atoms. The summed E-state index contributed by atoms with van der Waals surface area (Å²) < 4.78 is 22.7. The predicted molar refractivity (Wildman–Crippen MR) is 64.4 cm³/mol. The van der Waals surface area contributed by atoms with Gasteiger partial charge in [0.25, 0.3) is 0 Å². The molecule has 0 atom stereocenters. The fourth-order valence-corrected chi connectivity index (χ4v) is 1.26. The van der Waals surface area contributed by atoms with E-state index < -0.39 is 29.0 Å². The molecule has 0 heterocycles. The number of nitro benzene ring substituents is 1. The molecule has 0 spiro atoms. The summed E-state index contributed by atoms with van der Waals surface area (Å²) in [7, 11) is 0. The zero-order valence-electron chi connectivity index (χ0n) is 10.4. The molecule has 0 aromatic heterocycles. The van der Waals surface area contributed by atoms with Crippen LogP contribution in [0.25, 0.3) is 0 Å². The van der Waals surface area contributed by atoms with Crippen LogP contribution in [0.2, 0.25) is 0 Å². The van der Waals surface area contributed by atoms with Crippen molar-refractivity contribution >= 4 is 11.7 Å². The van der Waals surface area contributed by atoms with E-state index in [9.17, 15) is 19.3 Å². The van der Waals surface area contributed by atoms with Crippen molar-refractivity contribution in [2.45, 2.75) is 19.8 Å². The van der Waals surface area contributed by atoms with Crippen LogP contribution in [0.4, 0.5) is 10.1 Å². The number of carbonyl (C=O) groups excluding carboxylic acids is 1. The van der Waals surface area contributed by atoms with E-state index in [0.29, 0.717) is 0 Å². The third-order valence-electron chi connectivity index (χ3n) is 2.23. The molecular formula is C12H14FNO5. The molecule has 7 heteroatoms. The van der Waals surface area contributed by atoms with Gasteiger partial charge in [-0.25, -0.2) is 9.18 Å². The number of nitrogens with zero attached hydrogens (tertiary/aromatic N) is 1. The number of halogens is 1. The average Bonchev–Trinajstić information content (AvgIpc) is 2.36. The molecule has 0 fully saturated rings. The van der Waals surface area contributed by atoms with Gasteiger partial charge in [-0.2, -0.15) is 0 Å². The number of carbonyl (C=O) groups is 1. The third-order valence-corrected chi connectivity index (χ3v) is 2.23. The largest absolute Gasteiger partial charge is 0.475 e. The van der Waals surface area contributed by atoms with Crippen molar-refractivity contribution in [2.24, 2.45) is 0 Å². The molecule has 0 amide bonds. The van der Waals surface area contributed by atoms with Crippen molar-refractivity contribution in [3.63, 3.8) is 0 Å². The first-order chi connectivity index (χ1) is 9.04. The van der Waals surface area contributed by atoms with Crippen molar-refractivity contribution in [1.82, 2.24) is 0 Å². The first-order valence-electron chi connectivity index (χ1n) is 5.77. The highest BCUT2D eigenvalue weighted by Gasteiger charge is 2.17. The van der Waals surface area contributed by atoms with Crippen LogP contribution >= 0.6 is 0 Å². The Hall–Kier alpha value is -2.18. The van der Waals surface area contributed by atoms with E-state index in [0.717, 1.165) is 31.0 Å². The Morgan fingerprint density at radius 2 is 2.21 bits per heavy atom. The molecule has 0 saturated carbocycles. The summed E-state index contributed by atoms with van der Waals surface area (Å²) in [5, 5.41) is 10.7. The van der Waals surface area contributed by atoms with E-state index >= 15 is 0 Å². The molecule has 1 aromatic carbocycles. The van der Waals surface area contributed by atoms with Gasteiger partial charge in [-0.05, 0) is 12.5 Å². The molecule has 0 N–H and O–H groups in total. The van der Waals surface area contributed by atoms with Crippen LogP contribution in [0, 0.1) is 15.9 Å². The lowest BCUT2D eigenvalue weighted by molar-refractivity contribution is -0.385. The molecule has 1 aromatic rings. The lowest BCUT2D eigenvalue weighted by Gasteiger charge is -2.07. The molecule has 0 saturated heterocycles. The second kappa shape index (κ2) is 7.30. The number of unbranched alkanes of at least 4 members (excludes halogenated alkanes) is 1. The Morgan fingerprint density at radius 3 is 2.84 bits per heavy atom. The van der Waals surface area contributed by atoms with E-state index in [1.165, 1.54) is 0 Å². The van der Waals surface area contributed by atoms with Gasteiger partial charge < -0.3 is 9.47 Å². The lowest BCUT2D eigenvalue weighted by atomic mass is 10.3. The Bertz CT molecular complexity index is 463. The standard InChI is InChI=1S/C12H14FNO5/c1-2-3-6-18-12(15)8-19-11-7-9(13)4-5-10(11)14(16)17/h4-5,7H,2-3,6,8H2,1H3. The first kappa shape index (κ1) is 14.9. The highest BCUT2D eigenvalue weighted by atomic mass is 19.1. The highest BCUT2D eigenvalue weighted by Crippen LogP contribution is 2.27. The van der Waals surface area contributed by atoms with Gasteiger partial charge in [0.1, 0.15) is 5.82 Å². The molecule has 1 rings (SSSR count). The molecule has 0 aliphatic carbocycles. The normalized spacial score (nSPS) is 10.0. The fraction of sp³-hybridized carbons (Fsp3) is 0.417. The molecule has 0 radical (unpaired) electrons. The Morgan fingerprint density at radius 1 is 1.47 bits per heavy atom. The van der Waals surface area contributed by atoms with E-state index in [4.69, 9.17) is 9.47 Å². The molecule has 0 aliphatic heterocycles. The van der Waals surface area contributed by atoms with E-state index in [1.54, 1.807) is 0 Å². The molecule has 6 nitrogen and oxygen atoms in total. The quantitative estimate of drug-likeness (QED) is 0.329. The van der Waals surface area contributed by atoms with Gasteiger partial charge in [0, 0.05) is 12.1 Å². The van der Waals surface area contributed by atoms with Crippen molar-refractivity contribution in [2.75, 3.05) is 13.2 Å². The molecular weight excluding hydrogens is 257 g/mol. The molecule has 104 valence electrons. The number of benzene rings is 1. The summed E-state index contributed by atoms with van der Waals surface area (Å²) in [6.07, 6.45) is 1.61. The highest BCUT2D eigenvalue weighted by molar-refractivity contribution is 5.71. The van der Waals surface area contributed by atoms with Gasteiger partial charge >= 0.3 is 11.7 Å². The number of hydrogen-bond acceptors (Lipinski definition) is 5. The average molecular weight is 271 g/mol. The first-order valence-corrected chi connectivity index (χ1v) is 5.77. The second-order valence-corrected chi connectivity index (χ2v) is 3.73. The minimum Gasteiger partial charge on any atom is -0.475 e. The summed E-state index contributed by atoms with van der Waals surface area (Å²) in [6.45, 7) is 1.72. The van der Waals surface area contributed by atoms with Crippen molar-refractivity contribution in [3.05, 3.63) is 34.1 Å². The number of esters is 1. The van der Waals surface area contributed by atoms with Gasteiger partial charge in [-0.1, -0.05) is 13.3 Å². The summed E-state index contributed by atoms with van der Waals surface area (Å²) in [5.74, 6) is -1.62. The number of rotatable bonds is 7. The van der Waals surface area contributed by atoms with Crippen LogP contribution in [0.15, 0.2) is 18.2 Å². The molecule has 19 heavy (non-hydrogen) atoms. The fourth-order valence-electron chi connectivity index (χ4n) is 1.26. The maximum atomic E-state index is 13.0. The lowest BCUT2D eigenvalue weighted by Crippen LogP contribution is -2.16. The maximum Gasteiger partial charge on any atom is 0.344 e. The van der Waals surface area contributed by atoms with Crippen LogP contribution in [-0.4, -0.2) is 24.1 Å². The van der Waals surface area contributed by atoms with Crippen LogP contribution in [0.3, 0.4) is 0 Å². The van der Waals surface area contributed by atoms with Crippen molar-refractivity contribution in [3.8, 4) is 5.75 Å². The van der Waals surface area contributed by atoms with Gasteiger partial charge in [-0.15, -0.1) is 0 Å². The Labute approximate surface area is 109 Å².